The van der Waals surface area contributed by atoms with Crippen LogP contribution >= 0.6 is 0 Å². The molecule has 21 heavy (non-hydrogen) atoms. The number of nitrogens with zero attached hydrogens (tertiary/aromatic N) is 2. The minimum Gasteiger partial charge on any atom is -0.497 e. The van der Waals surface area contributed by atoms with Gasteiger partial charge in [0.05, 0.1) is 7.11 Å². The number of hydrogen-bond donors (Lipinski definition) is 1. The molecule has 0 radical (unpaired) electrons. The molecule has 1 fully saturated rings. The molecule has 0 spiro atoms. The Morgan fingerprint density at radius 1 is 1.29 bits per heavy atom. The first-order valence-corrected chi connectivity index (χ1v) is 7.94. The van der Waals surface area contributed by atoms with Gasteiger partial charge in [0.1, 0.15) is 5.75 Å². The zero-order valence-corrected chi connectivity index (χ0v) is 13.7. The van der Waals surface area contributed by atoms with Gasteiger partial charge < -0.3 is 10.5 Å². The SMILES string of the molecule is CCN1CCN(C(C)C(N)c2ccc(OC)cc2)CC1C. The van der Waals surface area contributed by atoms with Crippen LogP contribution in [0.25, 0.3) is 0 Å². The fourth-order valence-corrected chi connectivity index (χ4v) is 3.19. The van der Waals surface area contributed by atoms with Gasteiger partial charge in [-0.3, -0.25) is 9.80 Å². The predicted octanol–water partition coefficient (Wildman–Crippen LogP) is 2.11. The van der Waals surface area contributed by atoms with E-state index in [-0.39, 0.29) is 6.04 Å². The van der Waals surface area contributed by atoms with Gasteiger partial charge in [-0.15, -0.1) is 0 Å². The molecule has 4 heteroatoms. The van der Waals surface area contributed by atoms with Crippen LogP contribution in [0.5, 0.6) is 5.75 Å². The summed E-state index contributed by atoms with van der Waals surface area (Å²) in [4.78, 5) is 5.05. The molecule has 1 saturated heterocycles. The highest BCUT2D eigenvalue weighted by molar-refractivity contribution is 5.29. The molecule has 1 aromatic rings. The van der Waals surface area contributed by atoms with Crippen molar-refractivity contribution in [2.24, 2.45) is 5.73 Å². The lowest BCUT2D eigenvalue weighted by Crippen LogP contribution is -2.55. The number of piperazine rings is 1. The van der Waals surface area contributed by atoms with Crippen molar-refractivity contribution in [3.8, 4) is 5.75 Å². The maximum absolute atomic E-state index is 6.48. The summed E-state index contributed by atoms with van der Waals surface area (Å²) in [6.07, 6.45) is 0. The summed E-state index contributed by atoms with van der Waals surface area (Å²) in [5.41, 5.74) is 7.65. The average Bonchev–Trinajstić information content (AvgIpc) is 2.53. The van der Waals surface area contributed by atoms with Crippen LogP contribution in [0.2, 0.25) is 0 Å². The third-order valence-corrected chi connectivity index (χ3v) is 4.80. The Kier molecular flexibility index (Phi) is 5.62. The topological polar surface area (TPSA) is 41.7 Å². The zero-order chi connectivity index (χ0) is 15.4. The second-order valence-electron chi connectivity index (χ2n) is 6.01. The maximum atomic E-state index is 6.48. The van der Waals surface area contributed by atoms with Crippen LogP contribution in [0.3, 0.4) is 0 Å². The lowest BCUT2D eigenvalue weighted by Gasteiger charge is -2.43. The molecule has 0 amide bonds. The molecule has 4 nitrogen and oxygen atoms in total. The molecular formula is C17H29N3O. The van der Waals surface area contributed by atoms with Crippen LogP contribution in [0.4, 0.5) is 0 Å². The van der Waals surface area contributed by atoms with Crippen molar-refractivity contribution in [2.75, 3.05) is 33.3 Å². The van der Waals surface area contributed by atoms with Crippen molar-refractivity contribution in [1.29, 1.82) is 0 Å². The number of ether oxygens (including phenoxy) is 1. The van der Waals surface area contributed by atoms with Gasteiger partial charge in [-0.1, -0.05) is 19.1 Å². The Balaban J connectivity index is 2.00. The van der Waals surface area contributed by atoms with Gasteiger partial charge in [-0.2, -0.15) is 0 Å². The number of hydrogen-bond acceptors (Lipinski definition) is 4. The van der Waals surface area contributed by atoms with E-state index in [1.165, 1.54) is 5.56 Å². The second-order valence-corrected chi connectivity index (χ2v) is 6.01. The van der Waals surface area contributed by atoms with Crippen molar-refractivity contribution >= 4 is 0 Å². The lowest BCUT2D eigenvalue weighted by atomic mass is 9.98. The second kappa shape index (κ2) is 7.25. The molecule has 1 aromatic carbocycles. The van der Waals surface area contributed by atoms with Gasteiger partial charge in [0.2, 0.25) is 0 Å². The van der Waals surface area contributed by atoms with Gasteiger partial charge in [0.15, 0.2) is 0 Å². The third-order valence-electron chi connectivity index (χ3n) is 4.80. The zero-order valence-electron chi connectivity index (χ0n) is 13.7. The molecule has 1 aliphatic heterocycles. The summed E-state index contributed by atoms with van der Waals surface area (Å²) in [7, 11) is 1.69. The summed E-state index contributed by atoms with van der Waals surface area (Å²) in [5.74, 6) is 0.879. The van der Waals surface area contributed by atoms with E-state index in [0.717, 1.165) is 31.9 Å². The third kappa shape index (κ3) is 3.76. The maximum Gasteiger partial charge on any atom is 0.118 e. The minimum absolute atomic E-state index is 0.0382. The van der Waals surface area contributed by atoms with Crippen LogP contribution in [0.1, 0.15) is 32.4 Å². The monoisotopic (exact) mass is 291 g/mol. The van der Waals surface area contributed by atoms with E-state index in [4.69, 9.17) is 10.5 Å². The molecule has 1 heterocycles. The van der Waals surface area contributed by atoms with E-state index in [1.54, 1.807) is 7.11 Å². The summed E-state index contributed by atoms with van der Waals surface area (Å²) < 4.78 is 5.21. The molecule has 3 unspecified atom stereocenters. The predicted molar refractivity (Wildman–Crippen MR) is 87.7 cm³/mol. The Bertz CT molecular complexity index is 434. The standard InChI is InChI=1S/C17H29N3O/c1-5-19-10-11-20(12-13(19)2)14(3)17(18)15-6-8-16(21-4)9-7-15/h6-9,13-14,17H,5,10-12,18H2,1-4H3. The highest BCUT2D eigenvalue weighted by Crippen LogP contribution is 2.23. The van der Waals surface area contributed by atoms with Gasteiger partial charge in [0, 0.05) is 37.8 Å². The fourth-order valence-electron chi connectivity index (χ4n) is 3.19. The number of benzene rings is 1. The summed E-state index contributed by atoms with van der Waals surface area (Å²) in [6.45, 7) is 11.2. The molecule has 0 saturated carbocycles. The molecular weight excluding hydrogens is 262 g/mol. The molecule has 0 bridgehead atoms. The van der Waals surface area contributed by atoms with Crippen LogP contribution in [0.15, 0.2) is 24.3 Å². The largest absolute Gasteiger partial charge is 0.497 e. The highest BCUT2D eigenvalue weighted by Gasteiger charge is 2.28. The first kappa shape index (κ1) is 16.3. The van der Waals surface area contributed by atoms with E-state index < -0.39 is 0 Å². The van der Waals surface area contributed by atoms with E-state index in [2.05, 4.69) is 42.7 Å². The van der Waals surface area contributed by atoms with Gasteiger partial charge in [0.25, 0.3) is 0 Å². The Hall–Kier alpha value is -1.10. The van der Waals surface area contributed by atoms with Crippen molar-refractivity contribution in [2.45, 2.75) is 38.9 Å². The van der Waals surface area contributed by atoms with Gasteiger partial charge in [-0.05, 0) is 38.1 Å². The van der Waals surface area contributed by atoms with E-state index in [9.17, 15) is 0 Å². The Morgan fingerprint density at radius 3 is 2.48 bits per heavy atom. The summed E-state index contributed by atoms with van der Waals surface area (Å²) in [6, 6.07) is 9.11. The minimum atomic E-state index is 0.0382. The van der Waals surface area contributed by atoms with Crippen molar-refractivity contribution in [3.05, 3.63) is 29.8 Å². The highest BCUT2D eigenvalue weighted by atomic mass is 16.5. The molecule has 0 aromatic heterocycles. The van der Waals surface area contributed by atoms with Crippen LogP contribution in [-0.4, -0.2) is 55.2 Å². The van der Waals surface area contributed by atoms with Crippen LogP contribution in [-0.2, 0) is 0 Å². The summed E-state index contributed by atoms with van der Waals surface area (Å²) in [5, 5.41) is 0. The molecule has 2 N–H and O–H groups in total. The smallest absolute Gasteiger partial charge is 0.118 e. The van der Waals surface area contributed by atoms with Crippen molar-refractivity contribution in [3.63, 3.8) is 0 Å². The molecule has 1 aliphatic rings. The van der Waals surface area contributed by atoms with Gasteiger partial charge >= 0.3 is 0 Å². The Morgan fingerprint density at radius 2 is 1.95 bits per heavy atom. The van der Waals surface area contributed by atoms with Crippen molar-refractivity contribution < 1.29 is 4.74 Å². The average molecular weight is 291 g/mol. The first-order chi connectivity index (χ1) is 10.1. The Labute approximate surface area is 128 Å². The number of rotatable bonds is 5. The fraction of sp³-hybridized carbons (Fsp3) is 0.647. The lowest BCUT2D eigenvalue weighted by molar-refractivity contribution is 0.0559. The van der Waals surface area contributed by atoms with Crippen LogP contribution in [0, 0.1) is 0 Å². The molecule has 3 atom stereocenters. The van der Waals surface area contributed by atoms with E-state index in [0.29, 0.717) is 12.1 Å². The first-order valence-electron chi connectivity index (χ1n) is 7.94. The normalized spacial score (nSPS) is 23.8. The van der Waals surface area contributed by atoms with Crippen LogP contribution < -0.4 is 10.5 Å². The van der Waals surface area contributed by atoms with E-state index in [1.807, 2.05) is 12.1 Å². The number of nitrogens with two attached hydrogens (primary N) is 1. The number of methoxy groups -OCH3 is 1. The van der Waals surface area contributed by atoms with Gasteiger partial charge in [-0.25, -0.2) is 0 Å². The quantitative estimate of drug-likeness (QED) is 0.902. The van der Waals surface area contributed by atoms with Crippen molar-refractivity contribution in [1.82, 2.24) is 9.80 Å². The molecule has 118 valence electrons. The molecule has 0 aliphatic carbocycles. The molecule has 2 rings (SSSR count). The number of likely N-dealkylation sites (N-methyl/N-ethyl adjacent to an activating group) is 1. The van der Waals surface area contributed by atoms with E-state index >= 15 is 0 Å². The summed E-state index contributed by atoms with van der Waals surface area (Å²) >= 11 is 0.